The van der Waals surface area contributed by atoms with Crippen LogP contribution in [0.25, 0.3) is 0 Å². The quantitative estimate of drug-likeness (QED) is 0.749. The lowest BCUT2D eigenvalue weighted by Crippen LogP contribution is -2.15. The van der Waals surface area contributed by atoms with Gasteiger partial charge in [0.25, 0.3) is 0 Å². The highest BCUT2D eigenvalue weighted by atomic mass is 16.5. The zero-order valence-electron chi connectivity index (χ0n) is 10.5. The number of nitrogens with zero attached hydrogens (tertiary/aromatic N) is 2. The Hall–Kier alpha value is -1.12. The molecule has 0 aliphatic rings. The second kappa shape index (κ2) is 4.17. The minimum Gasteiger partial charge on any atom is -0.480 e. The predicted molar refractivity (Wildman–Crippen MR) is 61.4 cm³/mol. The summed E-state index contributed by atoms with van der Waals surface area (Å²) in [5.74, 6) is 1.04. The lowest BCUT2D eigenvalue weighted by molar-refractivity contribution is 0.380. The van der Waals surface area contributed by atoms with Crippen LogP contribution in [0.4, 0.5) is 0 Å². The topological polar surface area (TPSA) is 35.0 Å². The van der Waals surface area contributed by atoms with Crippen LogP contribution in [0.15, 0.2) is 6.07 Å². The summed E-state index contributed by atoms with van der Waals surface area (Å²) in [6.07, 6.45) is 0. The number of methoxy groups -OCH3 is 1. The molecule has 84 valence electrons. The van der Waals surface area contributed by atoms with E-state index >= 15 is 0 Å². The van der Waals surface area contributed by atoms with Gasteiger partial charge in [-0.1, -0.05) is 34.6 Å². The number of hydrogen-bond donors (Lipinski definition) is 0. The highest BCUT2D eigenvalue weighted by Crippen LogP contribution is 2.28. The van der Waals surface area contributed by atoms with Gasteiger partial charge >= 0.3 is 0 Å². The van der Waals surface area contributed by atoms with Gasteiger partial charge in [0.1, 0.15) is 0 Å². The van der Waals surface area contributed by atoms with Gasteiger partial charge < -0.3 is 4.74 Å². The first-order valence-electron chi connectivity index (χ1n) is 5.28. The van der Waals surface area contributed by atoms with E-state index in [1.165, 1.54) is 0 Å². The summed E-state index contributed by atoms with van der Waals surface area (Å²) in [5.41, 5.74) is 2.16. The van der Waals surface area contributed by atoms with Crippen LogP contribution in [0.1, 0.15) is 51.8 Å². The van der Waals surface area contributed by atoms with Crippen molar-refractivity contribution in [3.05, 3.63) is 17.3 Å². The highest BCUT2D eigenvalue weighted by Gasteiger charge is 2.19. The number of ether oxygens (including phenoxy) is 1. The first-order chi connectivity index (χ1) is 6.86. The fourth-order valence-electron chi connectivity index (χ4n) is 1.33. The minimum atomic E-state index is 0.0307. The van der Waals surface area contributed by atoms with Gasteiger partial charge in [0.05, 0.1) is 12.8 Å². The van der Waals surface area contributed by atoms with Crippen LogP contribution in [0.5, 0.6) is 5.88 Å². The maximum Gasteiger partial charge on any atom is 0.236 e. The molecule has 0 aliphatic carbocycles. The van der Waals surface area contributed by atoms with Crippen LogP contribution in [-0.2, 0) is 5.41 Å². The van der Waals surface area contributed by atoms with Crippen LogP contribution in [0.3, 0.4) is 0 Å². The fraction of sp³-hybridized carbons (Fsp3) is 0.667. The average Bonchev–Trinajstić information content (AvgIpc) is 2.15. The average molecular weight is 208 g/mol. The van der Waals surface area contributed by atoms with E-state index in [9.17, 15) is 0 Å². The van der Waals surface area contributed by atoms with E-state index in [4.69, 9.17) is 4.74 Å². The van der Waals surface area contributed by atoms with Crippen LogP contribution >= 0.6 is 0 Å². The van der Waals surface area contributed by atoms with E-state index < -0.39 is 0 Å². The summed E-state index contributed by atoms with van der Waals surface area (Å²) in [7, 11) is 1.63. The Kier molecular flexibility index (Phi) is 3.32. The van der Waals surface area contributed by atoms with Gasteiger partial charge in [-0.2, -0.15) is 5.10 Å². The molecule has 0 N–H and O–H groups in total. The summed E-state index contributed by atoms with van der Waals surface area (Å²) in [5, 5.41) is 8.30. The molecule has 0 radical (unpaired) electrons. The van der Waals surface area contributed by atoms with E-state index in [1.807, 2.05) is 0 Å². The van der Waals surface area contributed by atoms with Crippen molar-refractivity contribution in [2.75, 3.05) is 7.11 Å². The van der Waals surface area contributed by atoms with E-state index in [-0.39, 0.29) is 5.41 Å². The van der Waals surface area contributed by atoms with Crippen molar-refractivity contribution in [2.24, 2.45) is 0 Å². The Morgan fingerprint density at radius 3 is 2.20 bits per heavy atom. The Labute approximate surface area is 91.9 Å². The van der Waals surface area contributed by atoms with Gasteiger partial charge in [-0.25, -0.2) is 0 Å². The molecule has 0 amide bonds. The van der Waals surface area contributed by atoms with Crippen molar-refractivity contribution in [1.29, 1.82) is 0 Å². The molecule has 0 saturated heterocycles. The minimum absolute atomic E-state index is 0.0307. The zero-order chi connectivity index (χ0) is 11.6. The Morgan fingerprint density at radius 1 is 1.20 bits per heavy atom. The molecule has 1 aromatic heterocycles. The Bertz CT molecular complexity index is 340. The maximum atomic E-state index is 5.20. The van der Waals surface area contributed by atoms with Crippen LogP contribution < -0.4 is 4.74 Å². The maximum absolute atomic E-state index is 5.20. The molecule has 0 aromatic carbocycles. The van der Waals surface area contributed by atoms with Crippen molar-refractivity contribution in [3.63, 3.8) is 0 Å². The van der Waals surface area contributed by atoms with Crippen LogP contribution in [-0.4, -0.2) is 17.3 Å². The first-order valence-corrected chi connectivity index (χ1v) is 5.28. The van der Waals surface area contributed by atoms with E-state index in [2.05, 4.69) is 50.9 Å². The molecule has 0 saturated carbocycles. The lowest BCUT2D eigenvalue weighted by atomic mass is 9.90. The first kappa shape index (κ1) is 12.0. The molecule has 0 fully saturated rings. The molecule has 1 rings (SSSR count). The third-order valence-electron chi connectivity index (χ3n) is 2.37. The molecule has 0 aliphatic heterocycles. The van der Waals surface area contributed by atoms with Gasteiger partial charge in [-0.3, -0.25) is 0 Å². The molecule has 15 heavy (non-hydrogen) atoms. The number of rotatable bonds is 2. The standard InChI is InChI=1S/C12H20N2O/c1-8(2)9-7-10(12(3,4)5)13-14-11(9)15-6/h7-8H,1-6H3. The van der Waals surface area contributed by atoms with Crippen LogP contribution in [0.2, 0.25) is 0 Å². The molecular weight excluding hydrogens is 188 g/mol. The van der Waals surface area contributed by atoms with Crippen LogP contribution in [0, 0.1) is 0 Å². The predicted octanol–water partition coefficient (Wildman–Crippen LogP) is 2.91. The van der Waals surface area contributed by atoms with E-state index in [1.54, 1.807) is 7.11 Å². The molecule has 0 atom stereocenters. The molecule has 3 heteroatoms. The molecule has 1 heterocycles. The summed E-state index contributed by atoms with van der Waals surface area (Å²) in [6, 6.07) is 2.09. The van der Waals surface area contributed by atoms with Crippen molar-refractivity contribution in [1.82, 2.24) is 10.2 Å². The van der Waals surface area contributed by atoms with Crippen molar-refractivity contribution in [2.45, 2.75) is 46.0 Å². The zero-order valence-corrected chi connectivity index (χ0v) is 10.5. The van der Waals surface area contributed by atoms with Gasteiger partial charge in [-0.15, -0.1) is 5.10 Å². The SMILES string of the molecule is COc1nnc(C(C)(C)C)cc1C(C)C. The number of aromatic nitrogens is 2. The normalized spacial score (nSPS) is 11.9. The van der Waals surface area contributed by atoms with Gasteiger partial charge in [-0.05, 0) is 12.0 Å². The van der Waals surface area contributed by atoms with Crippen molar-refractivity contribution in [3.8, 4) is 5.88 Å². The highest BCUT2D eigenvalue weighted by molar-refractivity contribution is 5.31. The van der Waals surface area contributed by atoms with Gasteiger partial charge in [0, 0.05) is 11.0 Å². The Balaban J connectivity index is 3.22. The molecule has 1 aromatic rings. The molecular formula is C12H20N2O. The summed E-state index contributed by atoms with van der Waals surface area (Å²) in [6.45, 7) is 10.7. The smallest absolute Gasteiger partial charge is 0.236 e. The third kappa shape index (κ3) is 2.67. The largest absolute Gasteiger partial charge is 0.480 e. The van der Waals surface area contributed by atoms with Crippen molar-refractivity contribution >= 4 is 0 Å². The summed E-state index contributed by atoms with van der Waals surface area (Å²) in [4.78, 5) is 0. The molecule has 0 bridgehead atoms. The fourth-order valence-corrected chi connectivity index (χ4v) is 1.33. The van der Waals surface area contributed by atoms with Gasteiger partial charge in [0.2, 0.25) is 5.88 Å². The lowest BCUT2D eigenvalue weighted by Gasteiger charge is -2.19. The monoisotopic (exact) mass is 208 g/mol. The Morgan fingerprint density at radius 2 is 1.80 bits per heavy atom. The van der Waals surface area contributed by atoms with Crippen molar-refractivity contribution < 1.29 is 4.74 Å². The molecule has 3 nitrogen and oxygen atoms in total. The summed E-state index contributed by atoms with van der Waals surface area (Å²) >= 11 is 0. The number of hydrogen-bond acceptors (Lipinski definition) is 3. The molecule has 0 unspecified atom stereocenters. The van der Waals surface area contributed by atoms with E-state index in [0.717, 1.165) is 11.3 Å². The second-order valence-corrected chi connectivity index (χ2v) is 5.10. The van der Waals surface area contributed by atoms with E-state index in [0.29, 0.717) is 11.8 Å². The molecule has 0 spiro atoms. The second-order valence-electron chi connectivity index (χ2n) is 5.10. The summed E-state index contributed by atoms with van der Waals surface area (Å²) < 4.78 is 5.20. The third-order valence-corrected chi connectivity index (χ3v) is 2.37. The van der Waals surface area contributed by atoms with Gasteiger partial charge in [0.15, 0.2) is 0 Å².